The average Bonchev–Trinajstić information content (AvgIpc) is 3.01. The Hall–Kier alpha value is -2.24. The Morgan fingerprint density at radius 1 is 1.19 bits per heavy atom. The van der Waals surface area contributed by atoms with Crippen LogP contribution in [0.3, 0.4) is 0 Å². The van der Waals surface area contributed by atoms with Gasteiger partial charge in [0, 0.05) is 32.6 Å². The van der Waals surface area contributed by atoms with Crippen LogP contribution in [0, 0.1) is 11.8 Å². The van der Waals surface area contributed by atoms with Gasteiger partial charge in [-0.3, -0.25) is 9.59 Å². The van der Waals surface area contributed by atoms with Gasteiger partial charge < -0.3 is 19.3 Å². The van der Waals surface area contributed by atoms with Crippen molar-refractivity contribution >= 4 is 11.8 Å². The molecule has 2 aliphatic rings. The fourth-order valence-electron chi connectivity index (χ4n) is 3.94. The Labute approximate surface area is 155 Å². The molecule has 2 fully saturated rings. The normalized spacial score (nSPS) is 23.3. The average molecular weight is 360 g/mol. The van der Waals surface area contributed by atoms with Crippen LogP contribution in [0.4, 0.5) is 0 Å². The standard InChI is InChI=1S/C20H28N2O4/c1-14-5-4-8-21(11-14)20(24)16-10-19(23)22(13-16)12-15-6-7-17(25-2)18(9-15)26-3/h6-7,9,14,16H,4-5,8,10-13H2,1-3H3. The van der Waals surface area contributed by atoms with E-state index in [1.54, 1.807) is 19.1 Å². The van der Waals surface area contributed by atoms with Crippen LogP contribution in [0.15, 0.2) is 18.2 Å². The topological polar surface area (TPSA) is 59.1 Å². The van der Waals surface area contributed by atoms with E-state index in [1.165, 1.54) is 6.42 Å². The molecule has 2 unspecified atom stereocenters. The minimum Gasteiger partial charge on any atom is -0.493 e. The van der Waals surface area contributed by atoms with Gasteiger partial charge >= 0.3 is 0 Å². The van der Waals surface area contributed by atoms with Crippen LogP contribution < -0.4 is 9.47 Å². The molecule has 0 spiro atoms. The fraction of sp³-hybridized carbons (Fsp3) is 0.600. The number of carbonyl (C=O) groups is 2. The third-order valence-electron chi connectivity index (χ3n) is 5.35. The van der Waals surface area contributed by atoms with Gasteiger partial charge in [0.25, 0.3) is 0 Å². The molecular weight excluding hydrogens is 332 g/mol. The zero-order valence-corrected chi connectivity index (χ0v) is 15.9. The van der Waals surface area contributed by atoms with E-state index >= 15 is 0 Å². The first kappa shape index (κ1) is 18.5. The van der Waals surface area contributed by atoms with Crippen LogP contribution in [0.5, 0.6) is 11.5 Å². The second-order valence-corrected chi connectivity index (χ2v) is 7.40. The second-order valence-electron chi connectivity index (χ2n) is 7.40. The maximum Gasteiger partial charge on any atom is 0.228 e. The molecule has 0 aliphatic carbocycles. The highest BCUT2D eigenvalue weighted by atomic mass is 16.5. The van der Waals surface area contributed by atoms with Gasteiger partial charge in [-0.2, -0.15) is 0 Å². The van der Waals surface area contributed by atoms with Gasteiger partial charge in [-0.15, -0.1) is 0 Å². The van der Waals surface area contributed by atoms with Crippen molar-refractivity contribution < 1.29 is 19.1 Å². The van der Waals surface area contributed by atoms with Gasteiger partial charge in [-0.1, -0.05) is 13.0 Å². The molecule has 0 saturated carbocycles. The molecule has 2 amide bonds. The summed E-state index contributed by atoms with van der Waals surface area (Å²) in [5.74, 6) is 1.83. The maximum absolute atomic E-state index is 12.8. The third kappa shape index (κ3) is 3.94. The van der Waals surface area contributed by atoms with E-state index in [4.69, 9.17) is 9.47 Å². The molecule has 0 radical (unpaired) electrons. The van der Waals surface area contributed by atoms with Crippen molar-refractivity contribution in [1.29, 1.82) is 0 Å². The summed E-state index contributed by atoms with van der Waals surface area (Å²) in [4.78, 5) is 28.9. The van der Waals surface area contributed by atoms with Gasteiger partial charge in [0.05, 0.1) is 20.1 Å². The van der Waals surface area contributed by atoms with Crippen LogP contribution in [0.2, 0.25) is 0 Å². The van der Waals surface area contributed by atoms with Gasteiger partial charge in [-0.25, -0.2) is 0 Å². The van der Waals surface area contributed by atoms with Gasteiger partial charge in [-0.05, 0) is 36.5 Å². The Morgan fingerprint density at radius 2 is 1.96 bits per heavy atom. The summed E-state index contributed by atoms with van der Waals surface area (Å²) in [6.07, 6.45) is 2.55. The van der Waals surface area contributed by atoms with Crippen LogP contribution in [0.25, 0.3) is 0 Å². The largest absolute Gasteiger partial charge is 0.493 e. The quantitative estimate of drug-likeness (QED) is 0.809. The number of ether oxygens (including phenoxy) is 2. The lowest BCUT2D eigenvalue weighted by molar-refractivity contribution is -0.137. The lowest BCUT2D eigenvalue weighted by Gasteiger charge is -2.32. The van der Waals surface area contributed by atoms with E-state index in [9.17, 15) is 9.59 Å². The minimum absolute atomic E-state index is 0.0446. The van der Waals surface area contributed by atoms with E-state index in [1.807, 2.05) is 23.1 Å². The van der Waals surface area contributed by atoms with E-state index in [-0.39, 0.29) is 17.7 Å². The summed E-state index contributed by atoms with van der Waals surface area (Å²) >= 11 is 0. The molecule has 26 heavy (non-hydrogen) atoms. The molecule has 2 heterocycles. The van der Waals surface area contributed by atoms with E-state index in [0.29, 0.717) is 36.9 Å². The number of carbonyl (C=O) groups excluding carboxylic acids is 2. The number of nitrogens with zero attached hydrogens (tertiary/aromatic N) is 2. The first-order chi connectivity index (χ1) is 12.5. The number of hydrogen-bond donors (Lipinski definition) is 0. The molecule has 0 bridgehead atoms. The molecule has 2 saturated heterocycles. The first-order valence-electron chi connectivity index (χ1n) is 9.29. The van der Waals surface area contributed by atoms with Crippen LogP contribution >= 0.6 is 0 Å². The summed E-state index contributed by atoms with van der Waals surface area (Å²) in [6.45, 7) is 4.81. The molecule has 0 aromatic heterocycles. The summed E-state index contributed by atoms with van der Waals surface area (Å²) in [5, 5.41) is 0. The smallest absolute Gasteiger partial charge is 0.228 e. The molecule has 142 valence electrons. The zero-order valence-electron chi connectivity index (χ0n) is 15.9. The predicted molar refractivity (Wildman–Crippen MR) is 98.0 cm³/mol. The molecule has 1 aromatic carbocycles. The summed E-state index contributed by atoms with van der Waals surface area (Å²) in [6, 6.07) is 5.65. The summed E-state index contributed by atoms with van der Waals surface area (Å²) in [5.41, 5.74) is 0.968. The Bertz CT molecular complexity index is 676. The van der Waals surface area contributed by atoms with E-state index in [2.05, 4.69) is 6.92 Å². The summed E-state index contributed by atoms with van der Waals surface area (Å²) in [7, 11) is 3.19. The van der Waals surface area contributed by atoms with Crippen LogP contribution in [-0.4, -0.2) is 55.5 Å². The SMILES string of the molecule is COc1ccc(CN2CC(C(=O)N3CCCC(C)C3)CC2=O)cc1OC. The van der Waals surface area contributed by atoms with Crippen molar-refractivity contribution in [2.45, 2.75) is 32.7 Å². The number of likely N-dealkylation sites (tertiary alicyclic amines) is 2. The molecule has 1 aromatic rings. The highest BCUT2D eigenvalue weighted by Gasteiger charge is 2.37. The van der Waals surface area contributed by atoms with Crippen molar-refractivity contribution in [2.24, 2.45) is 11.8 Å². The maximum atomic E-state index is 12.8. The van der Waals surface area contributed by atoms with Gasteiger partial charge in [0.15, 0.2) is 11.5 Å². The number of hydrogen-bond acceptors (Lipinski definition) is 4. The molecule has 6 heteroatoms. The number of piperidine rings is 1. The molecule has 0 N–H and O–H groups in total. The number of methoxy groups -OCH3 is 2. The van der Waals surface area contributed by atoms with Crippen LogP contribution in [0.1, 0.15) is 31.7 Å². The molecule has 2 aliphatic heterocycles. The third-order valence-corrected chi connectivity index (χ3v) is 5.35. The Kier molecular flexibility index (Phi) is 5.69. The summed E-state index contributed by atoms with van der Waals surface area (Å²) < 4.78 is 10.6. The van der Waals surface area contributed by atoms with Crippen LogP contribution in [-0.2, 0) is 16.1 Å². The lowest BCUT2D eigenvalue weighted by atomic mass is 9.98. The van der Waals surface area contributed by atoms with Crippen molar-refractivity contribution in [1.82, 2.24) is 9.80 Å². The van der Waals surface area contributed by atoms with Crippen molar-refractivity contribution in [2.75, 3.05) is 33.9 Å². The van der Waals surface area contributed by atoms with Gasteiger partial charge in [0.2, 0.25) is 11.8 Å². The molecule has 6 nitrogen and oxygen atoms in total. The zero-order chi connectivity index (χ0) is 18.7. The molecule has 2 atom stereocenters. The first-order valence-corrected chi connectivity index (χ1v) is 9.29. The van der Waals surface area contributed by atoms with Crippen molar-refractivity contribution in [3.8, 4) is 11.5 Å². The Balaban J connectivity index is 1.64. The minimum atomic E-state index is -0.215. The Morgan fingerprint density at radius 3 is 2.65 bits per heavy atom. The number of rotatable bonds is 5. The van der Waals surface area contributed by atoms with Gasteiger partial charge in [0.1, 0.15) is 0 Å². The monoisotopic (exact) mass is 360 g/mol. The predicted octanol–water partition coefficient (Wildman–Crippen LogP) is 2.31. The van der Waals surface area contributed by atoms with E-state index in [0.717, 1.165) is 25.1 Å². The fourth-order valence-corrected chi connectivity index (χ4v) is 3.94. The molecule has 3 rings (SSSR count). The van der Waals surface area contributed by atoms with E-state index < -0.39 is 0 Å². The molecular formula is C20H28N2O4. The number of benzene rings is 1. The number of amides is 2. The van der Waals surface area contributed by atoms with Crippen molar-refractivity contribution in [3.63, 3.8) is 0 Å². The highest BCUT2D eigenvalue weighted by Crippen LogP contribution is 2.30. The lowest BCUT2D eigenvalue weighted by Crippen LogP contribution is -2.43. The highest BCUT2D eigenvalue weighted by molar-refractivity contribution is 5.89. The second kappa shape index (κ2) is 7.98. The van der Waals surface area contributed by atoms with Crippen molar-refractivity contribution in [3.05, 3.63) is 23.8 Å².